The Balaban J connectivity index is 1.95. The molecule has 0 aliphatic rings. The number of aromatic nitrogens is 5. The van der Waals surface area contributed by atoms with Crippen molar-refractivity contribution in [2.24, 2.45) is 0 Å². The molecule has 3 aromatic heterocycles. The largest absolute Gasteiger partial charge is 0.478 e. The van der Waals surface area contributed by atoms with Crippen molar-refractivity contribution in [2.75, 3.05) is 0 Å². The third-order valence-corrected chi connectivity index (χ3v) is 4.11. The van der Waals surface area contributed by atoms with Crippen LogP contribution in [0.3, 0.4) is 0 Å². The van der Waals surface area contributed by atoms with E-state index in [9.17, 15) is 15.0 Å². The lowest BCUT2D eigenvalue weighted by Crippen LogP contribution is -2.15. The highest BCUT2D eigenvalue weighted by molar-refractivity contribution is 6.01. The first-order valence-electron chi connectivity index (χ1n) is 7.64. The van der Waals surface area contributed by atoms with Gasteiger partial charge in [-0.15, -0.1) is 0 Å². The fourth-order valence-electron chi connectivity index (χ4n) is 2.90. The number of aromatic amines is 2. The topological polar surface area (TPSA) is 128 Å². The summed E-state index contributed by atoms with van der Waals surface area (Å²) in [4.78, 5) is 22.8. The minimum Gasteiger partial charge on any atom is -0.478 e. The minimum atomic E-state index is -1.07. The third-order valence-electron chi connectivity index (χ3n) is 4.11. The average Bonchev–Trinajstić information content (AvgIpc) is 3.16. The van der Waals surface area contributed by atoms with Gasteiger partial charge in [-0.1, -0.05) is 18.2 Å². The summed E-state index contributed by atoms with van der Waals surface area (Å²) in [7, 11) is 0. The number of hydrogen-bond acceptors (Lipinski definition) is 5. The Labute approximate surface area is 141 Å². The van der Waals surface area contributed by atoms with E-state index in [0.29, 0.717) is 28.1 Å². The molecular formula is C17H15N5O3. The monoisotopic (exact) mass is 337 g/mol. The molecule has 0 fully saturated rings. The van der Waals surface area contributed by atoms with Gasteiger partial charge in [-0.3, -0.25) is 5.10 Å². The summed E-state index contributed by atoms with van der Waals surface area (Å²) in [6.07, 6.45) is 2.92. The Morgan fingerprint density at radius 2 is 2.04 bits per heavy atom. The zero-order valence-electron chi connectivity index (χ0n) is 13.5. The molecule has 0 unspecified atom stereocenters. The van der Waals surface area contributed by atoms with E-state index in [0.717, 1.165) is 5.39 Å². The van der Waals surface area contributed by atoms with E-state index in [-0.39, 0.29) is 11.1 Å². The summed E-state index contributed by atoms with van der Waals surface area (Å²) in [5.74, 6) is -1.07. The lowest BCUT2D eigenvalue weighted by molar-refractivity contribution is 0.0698. The number of aromatic carboxylic acids is 1. The van der Waals surface area contributed by atoms with Gasteiger partial charge in [0.15, 0.2) is 5.65 Å². The molecule has 4 N–H and O–H groups in total. The number of nitrogens with zero attached hydrogens (tertiary/aromatic N) is 3. The fourth-order valence-corrected chi connectivity index (χ4v) is 2.90. The molecule has 8 nitrogen and oxygen atoms in total. The summed E-state index contributed by atoms with van der Waals surface area (Å²) < 4.78 is 0. The number of carbonyl (C=O) groups is 1. The van der Waals surface area contributed by atoms with Gasteiger partial charge in [-0.25, -0.2) is 14.8 Å². The second-order valence-electron chi connectivity index (χ2n) is 6.32. The highest BCUT2D eigenvalue weighted by Gasteiger charge is 2.22. The van der Waals surface area contributed by atoms with Crippen molar-refractivity contribution in [3.05, 3.63) is 41.7 Å². The van der Waals surface area contributed by atoms with E-state index in [4.69, 9.17) is 0 Å². The van der Waals surface area contributed by atoms with Crippen LogP contribution in [-0.2, 0) is 5.60 Å². The molecule has 25 heavy (non-hydrogen) atoms. The molecule has 0 aliphatic heterocycles. The second kappa shape index (κ2) is 5.12. The van der Waals surface area contributed by atoms with Crippen LogP contribution in [-0.4, -0.2) is 41.3 Å². The molecule has 126 valence electrons. The van der Waals surface area contributed by atoms with Crippen LogP contribution >= 0.6 is 0 Å². The van der Waals surface area contributed by atoms with Crippen molar-refractivity contribution in [3.63, 3.8) is 0 Å². The van der Waals surface area contributed by atoms with Gasteiger partial charge in [0.1, 0.15) is 16.8 Å². The maximum atomic E-state index is 11.3. The first-order valence-corrected chi connectivity index (χ1v) is 7.64. The number of carboxylic acids is 1. The molecule has 0 spiro atoms. The van der Waals surface area contributed by atoms with Crippen molar-refractivity contribution in [2.45, 2.75) is 19.4 Å². The van der Waals surface area contributed by atoms with E-state index in [2.05, 4.69) is 25.1 Å². The van der Waals surface area contributed by atoms with Crippen LogP contribution < -0.4 is 0 Å². The van der Waals surface area contributed by atoms with E-state index in [1.807, 2.05) is 18.2 Å². The van der Waals surface area contributed by atoms with Crippen LogP contribution in [0.1, 0.15) is 29.8 Å². The smallest absolute Gasteiger partial charge is 0.339 e. The van der Waals surface area contributed by atoms with Crippen LogP contribution in [0, 0.1) is 0 Å². The standard InChI is InChI=1S/C17H15N5O3/c1-17(2,25)10-5-3-4-8-12(10)21-22-13(8)11-7-19-15-14(20-11)9(6-18-15)16(23)24/h3-7,25H,1-2H3,(H,18,19)(H,21,22)(H,23,24). The fraction of sp³-hybridized carbons (Fsp3) is 0.176. The zero-order chi connectivity index (χ0) is 17.8. The number of benzene rings is 1. The van der Waals surface area contributed by atoms with Crippen LogP contribution in [0.15, 0.2) is 30.6 Å². The Morgan fingerprint density at radius 3 is 2.76 bits per heavy atom. The van der Waals surface area contributed by atoms with E-state index in [1.54, 1.807) is 20.0 Å². The predicted octanol–water partition coefficient (Wildman–Crippen LogP) is 2.43. The summed E-state index contributed by atoms with van der Waals surface area (Å²) in [5, 5.41) is 27.6. The number of H-pyrrole nitrogens is 2. The summed E-state index contributed by atoms with van der Waals surface area (Å²) in [6, 6.07) is 5.51. The SMILES string of the molecule is CC(C)(O)c1cccc2c(-c3cnc4[nH]cc(C(=O)O)c4n3)[nH]nc12. The Morgan fingerprint density at radius 1 is 1.24 bits per heavy atom. The van der Waals surface area contributed by atoms with Gasteiger partial charge in [-0.2, -0.15) is 5.10 Å². The molecule has 1 aromatic carbocycles. The third kappa shape index (κ3) is 2.34. The number of aliphatic hydroxyl groups is 1. The maximum Gasteiger partial charge on any atom is 0.339 e. The molecular weight excluding hydrogens is 322 g/mol. The Hall–Kier alpha value is -3.26. The first-order chi connectivity index (χ1) is 11.9. The number of para-hydroxylation sites is 1. The molecule has 4 aromatic rings. The first kappa shape index (κ1) is 15.3. The lowest BCUT2D eigenvalue weighted by Gasteiger charge is -2.17. The highest BCUT2D eigenvalue weighted by atomic mass is 16.4. The number of carboxylic acid groups (broad SMARTS) is 1. The molecule has 0 amide bonds. The van der Waals surface area contributed by atoms with E-state index in [1.165, 1.54) is 6.20 Å². The number of fused-ring (bicyclic) bond motifs is 2. The number of nitrogens with one attached hydrogen (secondary N) is 2. The normalized spacial score (nSPS) is 12.1. The van der Waals surface area contributed by atoms with Crippen molar-refractivity contribution < 1.29 is 15.0 Å². The lowest BCUT2D eigenvalue weighted by atomic mass is 9.95. The zero-order valence-corrected chi connectivity index (χ0v) is 13.5. The van der Waals surface area contributed by atoms with Gasteiger partial charge in [0.05, 0.1) is 23.0 Å². The van der Waals surface area contributed by atoms with E-state index < -0.39 is 11.6 Å². The average molecular weight is 337 g/mol. The summed E-state index contributed by atoms with van der Waals surface area (Å²) >= 11 is 0. The van der Waals surface area contributed by atoms with Crippen LogP contribution in [0.4, 0.5) is 0 Å². The van der Waals surface area contributed by atoms with Crippen LogP contribution in [0.25, 0.3) is 33.5 Å². The van der Waals surface area contributed by atoms with Gasteiger partial charge in [-0.05, 0) is 13.8 Å². The number of rotatable bonds is 3. The van der Waals surface area contributed by atoms with Crippen molar-refractivity contribution >= 4 is 28.0 Å². The van der Waals surface area contributed by atoms with Gasteiger partial charge < -0.3 is 15.2 Å². The summed E-state index contributed by atoms with van der Waals surface area (Å²) in [5.41, 5.74) is 2.13. The highest BCUT2D eigenvalue weighted by Crippen LogP contribution is 2.32. The van der Waals surface area contributed by atoms with Crippen molar-refractivity contribution in [3.8, 4) is 11.4 Å². The molecule has 0 radical (unpaired) electrons. The predicted molar refractivity (Wildman–Crippen MR) is 91.2 cm³/mol. The maximum absolute atomic E-state index is 11.3. The Kier molecular flexibility index (Phi) is 3.13. The van der Waals surface area contributed by atoms with Crippen molar-refractivity contribution in [1.29, 1.82) is 0 Å². The molecule has 0 bridgehead atoms. The molecule has 4 rings (SSSR count). The van der Waals surface area contributed by atoms with E-state index >= 15 is 0 Å². The minimum absolute atomic E-state index is 0.0605. The molecule has 8 heteroatoms. The molecule has 0 atom stereocenters. The van der Waals surface area contributed by atoms with Gasteiger partial charge in [0.2, 0.25) is 0 Å². The summed E-state index contributed by atoms with van der Waals surface area (Å²) in [6.45, 7) is 3.39. The second-order valence-corrected chi connectivity index (χ2v) is 6.32. The van der Waals surface area contributed by atoms with Crippen LogP contribution in [0.2, 0.25) is 0 Å². The molecule has 0 saturated heterocycles. The molecule has 0 saturated carbocycles. The van der Waals surface area contributed by atoms with Crippen molar-refractivity contribution in [1.82, 2.24) is 25.1 Å². The molecule has 0 aliphatic carbocycles. The Bertz CT molecular complexity index is 1120. The van der Waals surface area contributed by atoms with Gasteiger partial charge in [0.25, 0.3) is 0 Å². The van der Waals surface area contributed by atoms with Gasteiger partial charge in [0, 0.05) is 17.1 Å². The number of hydrogen-bond donors (Lipinski definition) is 4. The quantitative estimate of drug-likeness (QED) is 0.454. The molecule has 3 heterocycles. The van der Waals surface area contributed by atoms with Gasteiger partial charge >= 0.3 is 5.97 Å². The van der Waals surface area contributed by atoms with Crippen LogP contribution in [0.5, 0.6) is 0 Å².